The molecule has 5 rings (SSSR count). The average molecular weight is 664 g/mol. The Hall–Kier alpha value is -5.16. The van der Waals surface area contributed by atoms with E-state index in [9.17, 15) is 38.9 Å². The molecule has 16 nitrogen and oxygen atoms in total. The Labute approximate surface area is 276 Å². The van der Waals surface area contributed by atoms with Gasteiger partial charge in [-0.3, -0.25) is 24.1 Å². The number of carbonyl (C=O) groups excluding carboxylic acids is 5. The fourth-order valence-corrected chi connectivity index (χ4v) is 5.92. The third kappa shape index (κ3) is 7.06. The first-order chi connectivity index (χ1) is 22.9. The van der Waals surface area contributed by atoms with Crippen LogP contribution in [0.15, 0.2) is 42.5 Å². The molecule has 3 aliphatic rings. The highest BCUT2D eigenvalue weighted by Gasteiger charge is 2.42. The van der Waals surface area contributed by atoms with Gasteiger partial charge in [-0.05, 0) is 30.5 Å². The fourth-order valence-electron chi connectivity index (χ4n) is 5.92. The van der Waals surface area contributed by atoms with Crippen molar-refractivity contribution in [3.8, 4) is 11.5 Å². The third-order valence-corrected chi connectivity index (χ3v) is 8.49. The van der Waals surface area contributed by atoms with E-state index < -0.39 is 61.0 Å². The number of piperazine rings is 1. The van der Waals surface area contributed by atoms with E-state index in [1.807, 2.05) is 0 Å². The molecule has 6 amide bonds. The van der Waals surface area contributed by atoms with Crippen LogP contribution < -0.4 is 25.3 Å². The molecule has 2 aromatic carbocycles. The van der Waals surface area contributed by atoms with E-state index in [2.05, 4.69) is 16.0 Å². The molecule has 17 heteroatoms. The Kier molecular flexibility index (Phi) is 10.2. The topological polar surface area (TPSA) is 207 Å². The van der Waals surface area contributed by atoms with Gasteiger partial charge in [0.2, 0.25) is 11.8 Å². The summed E-state index contributed by atoms with van der Waals surface area (Å²) in [5.74, 6) is -5.24. The molecule has 5 N–H and O–H groups in total. The van der Waals surface area contributed by atoms with E-state index in [4.69, 9.17) is 9.39 Å². The zero-order chi connectivity index (χ0) is 34.7. The van der Waals surface area contributed by atoms with Crippen LogP contribution in [-0.4, -0.2) is 126 Å². The molecule has 0 radical (unpaired) electrons. The quantitative estimate of drug-likeness (QED) is 0.165. The van der Waals surface area contributed by atoms with Gasteiger partial charge < -0.3 is 45.3 Å². The molecule has 0 spiro atoms. The number of hydrogen-bond acceptors (Lipinski definition) is 10. The lowest BCUT2D eigenvalue weighted by molar-refractivity contribution is -0.153. The average Bonchev–Trinajstić information content (AvgIpc) is 3.53. The predicted molar refractivity (Wildman–Crippen MR) is 169 cm³/mol. The standard InChI is InChI=1S/C31H37BN6O10/c1-4-37-12-13-38(29(42)28(37)41)31(45)35-24(17-8-6-5-7-9-17)26(39)34-22-14-18-10-11-21(23(30(43)44)25(18)48-32(22)46)47-19-15-20(33-16-19)27(40)36(2)3/h5-11,19-20,22,24,33,46H,4,12-16H2,1-3H3,(H,34,39)(H,35,45)(H,43,44)/t19-,20-,22-,24?/m0/s1. The van der Waals surface area contributed by atoms with Gasteiger partial charge >= 0.3 is 30.9 Å². The van der Waals surface area contributed by atoms with Crippen LogP contribution >= 0.6 is 0 Å². The maximum Gasteiger partial charge on any atom is 0.547 e. The maximum atomic E-state index is 13.7. The minimum absolute atomic E-state index is 0.000315. The zero-order valence-electron chi connectivity index (χ0n) is 26.7. The van der Waals surface area contributed by atoms with Crippen molar-refractivity contribution in [2.75, 3.05) is 40.3 Å². The lowest BCUT2D eigenvalue weighted by atomic mass is 9.72. The van der Waals surface area contributed by atoms with Crippen LogP contribution in [0.3, 0.4) is 0 Å². The summed E-state index contributed by atoms with van der Waals surface area (Å²) in [7, 11) is 1.60. The SMILES string of the molecule is CCN1CCN(C(=O)NC(C(=O)N[C@H]2Cc3ccc(O[C@@H]4CN[C@H](C(=O)N(C)C)C4)c(C(=O)O)c3OB2O)c2ccccc2)C(=O)C1=O. The van der Waals surface area contributed by atoms with Gasteiger partial charge in [-0.25, -0.2) is 9.59 Å². The number of carboxylic acids is 1. The van der Waals surface area contributed by atoms with Crippen molar-refractivity contribution in [3.63, 3.8) is 0 Å². The molecule has 3 aliphatic heterocycles. The normalized spacial score (nSPS) is 21.2. The molecule has 0 aliphatic carbocycles. The maximum absolute atomic E-state index is 13.7. The number of aromatic carboxylic acids is 1. The van der Waals surface area contributed by atoms with E-state index >= 15 is 0 Å². The molecule has 0 bridgehead atoms. The first-order valence-electron chi connectivity index (χ1n) is 15.5. The highest BCUT2D eigenvalue weighted by atomic mass is 16.5. The summed E-state index contributed by atoms with van der Waals surface area (Å²) in [6.45, 7) is 2.44. The van der Waals surface area contributed by atoms with Crippen LogP contribution in [0.25, 0.3) is 0 Å². The van der Waals surface area contributed by atoms with Gasteiger partial charge in [-0.2, -0.15) is 0 Å². The van der Waals surface area contributed by atoms with Crippen molar-refractivity contribution in [3.05, 3.63) is 59.2 Å². The van der Waals surface area contributed by atoms with Gasteiger partial charge in [-0.1, -0.05) is 36.4 Å². The van der Waals surface area contributed by atoms with Crippen LogP contribution in [0, 0.1) is 0 Å². The summed E-state index contributed by atoms with van der Waals surface area (Å²) in [5, 5.41) is 29.3. The molecule has 2 fully saturated rings. The predicted octanol–water partition coefficient (Wildman–Crippen LogP) is -0.837. The van der Waals surface area contributed by atoms with Crippen LogP contribution in [0.5, 0.6) is 11.5 Å². The van der Waals surface area contributed by atoms with Crippen LogP contribution in [-0.2, 0) is 25.6 Å². The summed E-state index contributed by atoms with van der Waals surface area (Å²) in [5.41, 5.74) is 0.432. The van der Waals surface area contributed by atoms with E-state index in [0.717, 1.165) is 4.90 Å². The van der Waals surface area contributed by atoms with Gasteiger partial charge in [0.25, 0.3) is 0 Å². The molecule has 48 heavy (non-hydrogen) atoms. The molecule has 1 unspecified atom stereocenters. The number of benzene rings is 2. The second-order valence-electron chi connectivity index (χ2n) is 11.9. The summed E-state index contributed by atoms with van der Waals surface area (Å²) in [6.07, 6.45) is -0.206. The number of rotatable bonds is 9. The van der Waals surface area contributed by atoms with Crippen molar-refractivity contribution < 1.29 is 48.3 Å². The number of carboxylic acid groups (broad SMARTS) is 1. The number of hydrogen-bond donors (Lipinski definition) is 5. The summed E-state index contributed by atoms with van der Waals surface area (Å²) < 4.78 is 11.6. The molecular weight excluding hydrogens is 627 g/mol. The van der Waals surface area contributed by atoms with E-state index in [1.54, 1.807) is 57.4 Å². The molecular formula is C31H37BN6O10. The van der Waals surface area contributed by atoms with E-state index in [1.165, 1.54) is 15.9 Å². The second kappa shape index (κ2) is 14.3. The Morgan fingerprint density at radius 1 is 1.10 bits per heavy atom. The number of likely N-dealkylation sites (N-methyl/N-ethyl adjacent to an activating group) is 2. The number of carbonyl (C=O) groups is 6. The fraction of sp³-hybridized carbons (Fsp3) is 0.419. The minimum Gasteiger partial charge on any atom is -0.534 e. The number of amides is 6. The van der Waals surface area contributed by atoms with Gasteiger partial charge in [0, 0.05) is 46.7 Å². The Balaban J connectivity index is 1.31. The van der Waals surface area contributed by atoms with Crippen LogP contribution in [0.4, 0.5) is 4.79 Å². The van der Waals surface area contributed by atoms with Crippen LogP contribution in [0.2, 0.25) is 0 Å². The zero-order valence-corrected chi connectivity index (χ0v) is 26.7. The molecule has 3 heterocycles. The van der Waals surface area contributed by atoms with Crippen molar-refractivity contribution in [2.24, 2.45) is 0 Å². The van der Waals surface area contributed by atoms with Gasteiger partial charge in [0.05, 0.1) is 12.0 Å². The van der Waals surface area contributed by atoms with Gasteiger partial charge in [0.15, 0.2) is 0 Å². The lowest BCUT2D eigenvalue weighted by Crippen LogP contribution is -2.60. The van der Waals surface area contributed by atoms with E-state index in [-0.39, 0.29) is 42.5 Å². The number of nitrogens with zero attached hydrogens (tertiary/aromatic N) is 3. The van der Waals surface area contributed by atoms with Crippen LogP contribution in [0.1, 0.15) is 40.9 Å². The largest absolute Gasteiger partial charge is 0.547 e. The number of fused-ring (bicyclic) bond motifs is 1. The monoisotopic (exact) mass is 664 g/mol. The molecule has 2 saturated heterocycles. The molecule has 0 saturated carbocycles. The van der Waals surface area contributed by atoms with Gasteiger partial charge in [-0.15, -0.1) is 0 Å². The minimum atomic E-state index is -1.68. The lowest BCUT2D eigenvalue weighted by Gasteiger charge is -2.33. The Morgan fingerprint density at radius 3 is 2.50 bits per heavy atom. The highest BCUT2D eigenvalue weighted by molar-refractivity contribution is 6.47. The smallest absolute Gasteiger partial charge is 0.534 e. The van der Waals surface area contributed by atoms with Gasteiger partial charge in [0.1, 0.15) is 29.2 Å². The second-order valence-corrected chi connectivity index (χ2v) is 11.9. The van der Waals surface area contributed by atoms with Crippen molar-refractivity contribution in [1.82, 2.24) is 30.7 Å². The van der Waals surface area contributed by atoms with Crippen molar-refractivity contribution >= 4 is 42.7 Å². The first-order valence-corrected chi connectivity index (χ1v) is 15.5. The number of nitrogens with one attached hydrogen (secondary N) is 3. The molecule has 0 aromatic heterocycles. The highest BCUT2D eigenvalue weighted by Crippen LogP contribution is 2.37. The number of urea groups is 1. The first kappa shape index (κ1) is 34.2. The van der Waals surface area contributed by atoms with Crippen molar-refractivity contribution in [1.29, 1.82) is 0 Å². The molecule has 2 aromatic rings. The summed E-state index contributed by atoms with van der Waals surface area (Å²) >= 11 is 0. The Morgan fingerprint density at radius 2 is 1.83 bits per heavy atom. The number of ether oxygens (including phenoxy) is 1. The summed E-state index contributed by atoms with van der Waals surface area (Å²) in [6, 6.07) is 8.50. The summed E-state index contributed by atoms with van der Waals surface area (Å²) in [4.78, 5) is 80.0. The third-order valence-electron chi connectivity index (χ3n) is 8.49. The Bertz CT molecular complexity index is 1610. The molecule has 4 atom stereocenters. The number of imide groups is 1. The van der Waals surface area contributed by atoms with Crippen molar-refractivity contribution in [2.45, 2.75) is 43.9 Å². The molecule has 254 valence electrons. The van der Waals surface area contributed by atoms with E-state index in [0.29, 0.717) is 30.6 Å².